The third kappa shape index (κ3) is 2.88. The lowest BCUT2D eigenvalue weighted by molar-refractivity contribution is 0.112. The Kier molecular flexibility index (Phi) is 4.18. The Morgan fingerprint density at radius 3 is 2.93 bits per heavy atom. The Balaban J connectivity index is 2.96. The van der Waals surface area contributed by atoms with Gasteiger partial charge in [-0.25, -0.2) is 0 Å². The van der Waals surface area contributed by atoms with Crippen LogP contribution in [0.4, 0.5) is 0 Å². The second-order valence-corrected chi connectivity index (χ2v) is 3.04. The van der Waals surface area contributed by atoms with Gasteiger partial charge in [0.2, 0.25) is 0 Å². The lowest BCUT2D eigenvalue weighted by Gasteiger charge is -1.96. The maximum atomic E-state index is 10.5. The lowest BCUT2D eigenvalue weighted by atomic mass is 10.1. The van der Waals surface area contributed by atoms with Gasteiger partial charge in [-0.2, -0.15) is 0 Å². The number of halogens is 1. The molecule has 3 heteroatoms. The fraction of sp³-hybridized carbons (Fsp3) is 0.182. The molecule has 0 aliphatic heterocycles. The summed E-state index contributed by atoms with van der Waals surface area (Å²) < 4.78 is 0. The van der Waals surface area contributed by atoms with Crippen molar-refractivity contribution in [3.63, 3.8) is 0 Å². The summed E-state index contributed by atoms with van der Waals surface area (Å²) in [6, 6.07) is 4.89. The first-order chi connectivity index (χ1) is 6.77. The molecule has 0 atom stereocenters. The summed E-state index contributed by atoms with van der Waals surface area (Å²) in [6.45, 7) is 0.0258. The molecule has 0 amide bonds. The minimum Gasteiger partial charge on any atom is -0.395 e. The Morgan fingerprint density at radius 1 is 1.50 bits per heavy atom. The predicted octanol–water partition coefficient (Wildman–Crippen LogP) is 1.89. The van der Waals surface area contributed by atoms with E-state index in [0.717, 1.165) is 6.29 Å². The number of aliphatic hydroxyl groups excluding tert-OH is 1. The lowest BCUT2D eigenvalue weighted by Crippen LogP contribution is -1.84. The zero-order chi connectivity index (χ0) is 10.4. The Bertz CT molecular complexity index is 388. The molecule has 1 aromatic carbocycles. The van der Waals surface area contributed by atoms with E-state index in [0.29, 0.717) is 22.6 Å². The second kappa shape index (κ2) is 5.43. The quantitative estimate of drug-likeness (QED) is 0.595. The molecule has 0 saturated carbocycles. The van der Waals surface area contributed by atoms with Crippen molar-refractivity contribution in [2.24, 2.45) is 0 Å². The van der Waals surface area contributed by atoms with Gasteiger partial charge in [-0.05, 0) is 12.1 Å². The SMILES string of the molecule is O=Cc1ccc(Cl)c(C#CCCO)c1. The molecule has 0 radical (unpaired) electrons. The van der Waals surface area contributed by atoms with Crippen molar-refractivity contribution in [3.8, 4) is 11.8 Å². The van der Waals surface area contributed by atoms with Crippen LogP contribution in [0.5, 0.6) is 0 Å². The summed E-state index contributed by atoms with van der Waals surface area (Å²) in [6.07, 6.45) is 1.15. The number of aldehydes is 1. The number of aliphatic hydroxyl groups is 1. The van der Waals surface area contributed by atoms with Crippen LogP contribution < -0.4 is 0 Å². The summed E-state index contributed by atoms with van der Waals surface area (Å²) in [5.74, 6) is 5.53. The molecule has 72 valence electrons. The van der Waals surface area contributed by atoms with E-state index in [9.17, 15) is 4.79 Å². The van der Waals surface area contributed by atoms with Crippen LogP contribution in [0.3, 0.4) is 0 Å². The minimum atomic E-state index is 0.0258. The molecule has 2 nitrogen and oxygen atoms in total. The molecule has 0 fully saturated rings. The van der Waals surface area contributed by atoms with Crippen molar-refractivity contribution in [2.75, 3.05) is 6.61 Å². The number of carbonyl (C=O) groups is 1. The molecule has 0 unspecified atom stereocenters. The number of benzene rings is 1. The maximum absolute atomic E-state index is 10.5. The van der Waals surface area contributed by atoms with Crippen molar-refractivity contribution in [3.05, 3.63) is 34.3 Å². The van der Waals surface area contributed by atoms with Crippen molar-refractivity contribution in [2.45, 2.75) is 6.42 Å². The normalized spacial score (nSPS) is 9.00. The van der Waals surface area contributed by atoms with Crippen LogP contribution in [0.15, 0.2) is 18.2 Å². The average Bonchev–Trinajstić information content (AvgIpc) is 2.21. The molecule has 0 aliphatic rings. The summed E-state index contributed by atoms with van der Waals surface area (Å²) in [7, 11) is 0. The molecular formula is C11H9ClO2. The van der Waals surface area contributed by atoms with Gasteiger partial charge >= 0.3 is 0 Å². The highest BCUT2D eigenvalue weighted by Crippen LogP contribution is 2.15. The largest absolute Gasteiger partial charge is 0.395 e. The first-order valence-electron chi connectivity index (χ1n) is 4.12. The number of hydrogen-bond donors (Lipinski definition) is 1. The summed E-state index contributed by atoms with van der Waals surface area (Å²) in [4.78, 5) is 10.5. The van der Waals surface area contributed by atoms with E-state index in [2.05, 4.69) is 11.8 Å². The second-order valence-electron chi connectivity index (χ2n) is 2.63. The van der Waals surface area contributed by atoms with Crippen LogP contribution in [-0.2, 0) is 0 Å². The zero-order valence-electron chi connectivity index (χ0n) is 7.46. The van der Waals surface area contributed by atoms with Gasteiger partial charge in [-0.1, -0.05) is 29.5 Å². The fourth-order valence-corrected chi connectivity index (χ4v) is 1.09. The average molecular weight is 209 g/mol. The van der Waals surface area contributed by atoms with Crippen molar-refractivity contribution >= 4 is 17.9 Å². The number of hydrogen-bond acceptors (Lipinski definition) is 2. The van der Waals surface area contributed by atoms with Crippen molar-refractivity contribution in [1.82, 2.24) is 0 Å². The van der Waals surface area contributed by atoms with Crippen LogP contribution in [0.1, 0.15) is 22.3 Å². The van der Waals surface area contributed by atoms with Crippen LogP contribution in [0, 0.1) is 11.8 Å². The van der Waals surface area contributed by atoms with E-state index < -0.39 is 0 Å². The number of rotatable bonds is 2. The summed E-state index contributed by atoms with van der Waals surface area (Å²) in [5, 5.41) is 9.04. The maximum Gasteiger partial charge on any atom is 0.150 e. The molecular weight excluding hydrogens is 200 g/mol. The Labute approximate surface area is 87.5 Å². The van der Waals surface area contributed by atoms with Gasteiger partial charge < -0.3 is 5.11 Å². The molecule has 0 aliphatic carbocycles. The van der Waals surface area contributed by atoms with Crippen LogP contribution in [0.2, 0.25) is 5.02 Å². The highest BCUT2D eigenvalue weighted by atomic mass is 35.5. The molecule has 14 heavy (non-hydrogen) atoms. The van der Waals surface area contributed by atoms with Gasteiger partial charge in [-0.15, -0.1) is 0 Å². The first kappa shape index (κ1) is 10.8. The Hall–Kier alpha value is -1.30. The van der Waals surface area contributed by atoms with E-state index in [1.165, 1.54) is 0 Å². The van der Waals surface area contributed by atoms with E-state index in [-0.39, 0.29) is 6.61 Å². The monoisotopic (exact) mass is 208 g/mol. The summed E-state index contributed by atoms with van der Waals surface area (Å²) >= 11 is 5.85. The van der Waals surface area contributed by atoms with Gasteiger partial charge in [0.15, 0.2) is 0 Å². The van der Waals surface area contributed by atoms with Crippen molar-refractivity contribution in [1.29, 1.82) is 0 Å². The van der Waals surface area contributed by atoms with Crippen LogP contribution in [0.25, 0.3) is 0 Å². The van der Waals surface area contributed by atoms with Crippen LogP contribution >= 0.6 is 11.6 Å². The molecule has 0 spiro atoms. The fourth-order valence-electron chi connectivity index (χ4n) is 0.926. The van der Waals surface area contributed by atoms with Gasteiger partial charge in [-0.3, -0.25) is 4.79 Å². The van der Waals surface area contributed by atoms with Gasteiger partial charge in [0.1, 0.15) is 6.29 Å². The van der Waals surface area contributed by atoms with E-state index >= 15 is 0 Å². The van der Waals surface area contributed by atoms with Crippen LogP contribution in [-0.4, -0.2) is 18.0 Å². The third-order valence-electron chi connectivity index (χ3n) is 1.59. The van der Waals surface area contributed by atoms with Gasteiger partial charge in [0.25, 0.3) is 0 Å². The molecule has 0 aromatic heterocycles. The standard InChI is InChI=1S/C11H9ClO2/c12-11-5-4-9(8-14)7-10(11)3-1-2-6-13/h4-5,7-8,13H,2,6H2. The Morgan fingerprint density at radius 2 is 2.29 bits per heavy atom. The zero-order valence-corrected chi connectivity index (χ0v) is 8.21. The van der Waals surface area contributed by atoms with E-state index in [1.807, 2.05) is 0 Å². The van der Waals surface area contributed by atoms with Gasteiger partial charge in [0, 0.05) is 17.5 Å². The molecule has 1 rings (SSSR count). The molecule has 1 aromatic rings. The highest BCUT2D eigenvalue weighted by Gasteiger charge is 1.97. The van der Waals surface area contributed by atoms with Gasteiger partial charge in [0.05, 0.1) is 11.6 Å². The summed E-state index contributed by atoms with van der Waals surface area (Å²) in [5.41, 5.74) is 1.16. The third-order valence-corrected chi connectivity index (χ3v) is 1.92. The van der Waals surface area contributed by atoms with Crippen molar-refractivity contribution < 1.29 is 9.90 Å². The molecule has 0 saturated heterocycles. The molecule has 0 bridgehead atoms. The smallest absolute Gasteiger partial charge is 0.150 e. The topological polar surface area (TPSA) is 37.3 Å². The number of carbonyl (C=O) groups excluding carboxylic acids is 1. The molecule has 0 heterocycles. The highest BCUT2D eigenvalue weighted by molar-refractivity contribution is 6.31. The molecule has 1 N–H and O–H groups in total. The predicted molar refractivity (Wildman–Crippen MR) is 55.4 cm³/mol. The van der Waals surface area contributed by atoms with E-state index in [1.54, 1.807) is 18.2 Å². The minimum absolute atomic E-state index is 0.0258. The van der Waals surface area contributed by atoms with E-state index in [4.69, 9.17) is 16.7 Å². The first-order valence-corrected chi connectivity index (χ1v) is 4.50.